The zero-order chi connectivity index (χ0) is 11.6. The van der Waals surface area contributed by atoms with Gasteiger partial charge in [0.1, 0.15) is 5.75 Å². The molecule has 0 aliphatic heterocycles. The van der Waals surface area contributed by atoms with Gasteiger partial charge in [-0.05, 0) is 32.0 Å². The van der Waals surface area contributed by atoms with E-state index < -0.39 is 15.1 Å². The Hall–Kier alpha value is -0.740. The van der Waals surface area contributed by atoms with Crippen molar-refractivity contribution in [2.45, 2.75) is 24.0 Å². The fourth-order valence-electron chi connectivity index (χ4n) is 1.10. The minimum Gasteiger partial charge on any atom is -0.495 e. The molecule has 0 spiro atoms. The second kappa shape index (κ2) is 4.41. The molecule has 84 valence electrons. The molecular weight excluding hydrogens is 236 g/mol. The summed E-state index contributed by atoms with van der Waals surface area (Å²) in [6.45, 7) is 3.26. The average molecular weight is 249 g/mol. The lowest BCUT2D eigenvalue weighted by atomic mass is 10.3. The van der Waals surface area contributed by atoms with E-state index in [1.165, 1.54) is 19.2 Å². The third kappa shape index (κ3) is 2.44. The standard InChI is InChI=1S/C10H13ClO3S/c1-7(2)15(12,13)8-4-5-10(14-3)9(11)6-8/h4-7H,1-3H3. The van der Waals surface area contributed by atoms with E-state index in [1.54, 1.807) is 19.9 Å². The maximum absolute atomic E-state index is 11.8. The van der Waals surface area contributed by atoms with Crippen LogP contribution in [0.5, 0.6) is 5.75 Å². The van der Waals surface area contributed by atoms with Gasteiger partial charge in [0, 0.05) is 0 Å². The number of sulfone groups is 1. The van der Waals surface area contributed by atoms with E-state index in [0.717, 1.165) is 0 Å². The molecule has 0 aliphatic carbocycles. The van der Waals surface area contributed by atoms with Crippen LogP contribution in [0.1, 0.15) is 13.8 Å². The molecule has 0 heterocycles. The van der Waals surface area contributed by atoms with Gasteiger partial charge in [0.05, 0.1) is 22.3 Å². The Morgan fingerprint density at radius 1 is 1.33 bits per heavy atom. The number of hydrogen-bond acceptors (Lipinski definition) is 3. The Bertz CT molecular complexity index is 452. The molecule has 0 aliphatic rings. The predicted octanol–water partition coefficient (Wildman–Crippen LogP) is 2.53. The summed E-state index contributed by atoms with van der Waals surface area (Å²) in [5.74, 6) is 0.472. The molecular formula is C10H13ClO3S. The fourth-order valence-corrected chi connectivity index (χ4v) is 2.50. The molecule has 0 bridgehead atoms. The van der Waals surface area contributed by atoms with Gasteiger partial charge in [0.2, 0.25) is 0 Å². The normalized spacial score (nSPS) is 11.8. The second-order valence-electron chi connectivity index (χ2n) is 3.39. The highest BCUT2D eigenvalue weighted by Crippen LogP contribution is 2.28. The third-order valence-electron chi connectivity index (χ3n) is 2.07. The Balaban J connectivity index is 3.25. The van der Waals surface area contributed by atoms with Crippen LogP contribution in [0, 0.1) is 0 Å². The first kappa shape index (κ1) is 12.3. The summed E-state index contributed by atoms with van der Waals surface area (Å²) in [7, 11) is -1.78. The number of hydrogen-bond donors (Lipinski definition) is 0. The summed E-state index contributed by atoms with van der Waals surface area (Å²) in [5.41, 5.74) is 0. The molecule has 0 amide bonds. The van der Waals surface area contributed by atoms with Crippen LogP contribution in [0.3, 0.4) is 0 Å². The molecule has 3 nitrogen and oxygen atoms in total. The number of ether oxygens (including phenoxy) is 1. The van der Waals surface area contributed by atoms with Gasteiger partial charge in [-0.25, -0.2) is 8.42 Å². The molecule has 0 unspecified atom stereocenters. The molecule has 0 saturated heterocycles. The maximum atomic E-state index is 11.8. The van der Waals surface area contributed by atoms with Crippen LogP contribution < -0.4 is 4.74 Å². The summed E-state index contributed by atoms with van der Waals surface area (Å²) < 4.78 is 28.5. The highest BCUT2D eigenvalue weighted by Gasteiger charge is 2.20. The maximum Gasteiger partial charge on any atom is 0.180 e. The number of benzene rings is 1. The Morgan fingerprint density at radius 3 is 2.33 bits per heavy atom. The van der Waals surface area contributed by atoms with Crippen molar-refractivity contribution in [3.05, 3.63) is 23.2 Å². The van der Waals surface area contributed by atoms with Gasteiger partial charge in [0.15, 0.2) is 9.84 Å². The Morgan fingerprint density at radius 2 is 1.93 bits per heavy atom. The molecule has 1 rings (SSSR count). The van der Waals surface area contributed by atoms with Gasteiger partial charge in [-0.3, -0.25) is 0 Å². The first-order valence-electron chi connectivity index (χ1n) is 4.47. The van der Waals surface area contributed by atoms with Crippen LogP contribution in [0.2, 0.25) is 5.02 Å². The van der Waals surface area contributed by atoms with Crippen LogP contribution >= 0.6 is 11.6 Å². The van der Waals surface area contributed by atoms with Crippen molar-refractivity contribution in [2.75, 3.05) is 7.11 Å². The lowest BCUT2D eigenvalue weighted by Crippen LogP contribution is -2.13. The van der Waals surface area contributed by atoms with E-state index in [9.17, 15) is 8.42 Å². The van der Waals surface area contributed by atoms with Crippen molar-refractivity contribution in [1.82, 2.24) is 0 Å². The summed E-state index contributed by atoms with van der Waals surface area (Å²) in [6, 6.07) is 4.47. The minimum absolute atomic E-state index is 0.225. The molecule has 0 radical (unpaired) electrons. The van der Waals surface area contributed by atoms with Crippen LogP contribution in [0.15, 0.2) is 23.1 Å². The molecule has 1 aromatic carbocycles. The monoisotopic (exact) mass is 248 g/mol. The largest absolute Gasteiger partial charge is 0.495 e. The highest BCUT2D eigenvalue weighted by molar-refractivity contribution is 7.92. The van der Waals surface area contributed by atoms with Gasteiger partial charge in [-0.1, -0.05) is 11.6 Å². The van der Waals surface area contributed by atoms with E-state index in [2.05, 4.69) is 0 Å². The SMILES string of the molecule is COc1ccc(S(=O)(=O)C(C)C)cc1Cl. The summed E-state index contributed by atoms with van der Waals surface area (Å²) in [6.07, 6.45) is 0. The third-order valence-corrected chi connectivity index (χ3v) is 4.52. The van der Waals surface area contributed by atoms with Gasteiger partial charge in [-0.2, -0.15) is 0 Å². The van der Waals surface area contributed by atoms with Crippen LogP contribution in [0.4, 0.5) is 0 Å². The van der Waals surface area contributed by atoms with Crippen molar-refractivity contribution >= 4 is 21.4 Å². The van der Waals surface area contributed by atoms with E-state index >= 15 is 0 Å². The van der Waals surface area contributed by atoms with Crippen LogP contribution in [-0.2, 0) is 9.84 Å². The highest BCUT2D eigenvalue weighted by atomic mass is 35.5. The number of halogens is 1. The van der Waals surface area contributed by atoms with Gasteiger partial charge >= 0.3 is 0 Å². The summed E-state index contributed by atoms with van der Waals surface area (Å²) in [4.78, 5) is 0.225. The molecule has 0 saturated carbocycles. The molecule has 5 heteroatoms. The Labute approximate surface area is 94.9 Å². The van der Waals surface area contributed by atoms with Crippen molar-refractivity contribution in [3.63, 3.8) is 0 Å². The van der Waals surface area contributed by atoms with Gasteiger partial charge in [0.25, 0.3) is 0 Å². The van der Waals surface area contributed by atoms with E-state index in [1.807, 2.05) is 0 Å². The van der Waals surface area contributed by atoms with Crippen LogP contribution in [-0.4, -0.2) is 20.8 Å². The van der Waals surface area contributed by atoms with Crippen molar-refractivity contribution in [2.24, 2.45) is 0 Å². The Kier molecular flexibility index (Phi) is 3.62. The van der Waals surface area contributed by atoms with E-state index in [4.69, 9.17) is 16.3 Å². The van der Waals surface area contributed by atoms with E-state index in [-0.39, 0.29) is 4.90 Å². The quantitative estimate of drug-likeness (QED) is 0.826. The van der Waals surface area contributed by atoms with Crippen molar-refractivity contribution < 1.29 is 13.2 Å². The van der Waals surface area contributed by atoms with Gasteiger partial charge in [-0.15, -0.1) is 0 Å². The molecule has 1 aromatic rings. The lowest BCUT2D eigenvalue weighted by molar-refractivity contribution is 0.414. The van der Waals surface area contributed by atoms with Gasteiger partial charge < -0.3 is 4.74 Å². The zero-order valence-electron chi connectivity index (χ0n) is 8.82. The van der Waals surface area contributed by atoms with Crippen LogP contribution in [0.25, 0.3) is 0 Å². The van der Waals surface area contributed by atoms with E-state index in [0.29, 0.717) is 10.8 Å². The first-order valence-corrected chi connectivity index (χ1v) is 6.39. The molecule has 0 fully saturated rings. The van der Waals surface area contributed by atoms with Crippen molar-refractivity contribution in [1.29, 1.82) is 0 Å². The molecule has 0 aromatic heterocycles. The first-order chi connectivity index (χ1) is 6.89. The summed E-state index contributed by atoms with van der Waals surface area (Å²) >= 11 is 5.85. The molecule has 0 atom stereocenters. The topological polar surface area (TPSA) is 43.4 Å². The van der Waals surface area contributed by atoms with Crippen molar-refractivity contribution in [3.8, 4) is 5.75 Å². The second-order valence-corrected chi connectivity index (χ2v) is 6.30. The average Bonchev–Trinajstić information content (AvgIpc) is 2.17. The lowest BCUT2D eigenvalue weighted by Gasteiger charge is -2.09. The predicted molar refractivity (Wildman–Crippen MR) is 60.3 cm³/mol. The fraction of sp³-hybridized carbons (Fsp3) is 0.400. The molecule has 0 N–H and O–H groups in total. The molecule has 15 heavy (non-hydrogen) atoms. The number of rotatable bonds is 3. The summed E-state index contributed by atoms with van der Waals surface area (Å²) in [5, 5.41) is -0.152. The zero-order valence-corrected chi connectivity index (χ0v) is 10.4. The number of methoxy groups -OCH3 is 1. The minimum atomic E-state index is -3.26. The smallest absolute Gasteiger partial charge is 0.180 e.